The van der Waals surface area contributed by atoms with Crippen LogP contribution in [0.3, 0.4) is 0 Å². The maximum atomic E-state index is 12.3. The molecule has 156 valence electrons. The van der Waals surface area contributed by atoms with Gasteiger partial charge in [0.05, 0.1) is 0 Å². The number of rotatable bonds is 6. The molecule has 2 N–H and O–H groups in total. The molecule has 6 nitrogen and oxygen atoms in total. The van der Waals surface area contributed by atoms with Crippen molar-refractivity contribution in [2.75, 3.05) is 0 Å². The average molecular weight is 436 g/mol. The van der Waals surface area contributed by atoms with Gasteiger partial charge in [-0.25, -0.2) is 0 Å². The number of thioether (sulfide) groups is 1. The molecule has 0 aliphatic rings. The molecule has 0 spiro atoms. The normalized spacial score (nSPS) is 11.0. The largest absolute Gasteiger partial charge is 0.486 e. The maximum absolute atomic E-state index is 12.3. The number of hydrazine groups is 1. The molecule has 0 saturated carbocycles. The van der Waals surface area contributed by atoms with Gasteiger partial charge in [0.2, 0.25) is 0 Å². The predicted molar refractivity (Wildman–Crippen MR) is 103 cm³/mol. The first-order valence-electron chi connectivity index (χ1n) is 8.53. The van der Waals surface area contributed by atoms with Gasteiger partial charge in [-0.2, -0.15) is 13.2 Å². The zero-order valence-corrected chi connectivity index (χ0v) is 16.0. The van der Waals surface area contributed by atoms with E-state index in [2.05, 4.69) is 10.9 Å². The van der Waals surface area contributed by atoms with Gasteiger partial charge < -0.3 is 9.15 Å². The van der Waals surface area contributed by atoms with E-state index in [1.807, 2.05) is 18.2 Å². The molecule has 0 aliphatic carbocycles. The van der Waals surface area contributed by atoms with E-state index in [-0.39, 0.29) is 34.6 Å². The molecular weight excluding hydrogens is 421 g/mol. The van der Waals surface area contributed by atoms with Gasteiger partial charge in [0.1, 0.15) is 18.1 Å². The monoisotopic (exact) mass is 436 g/mol. The summed E-state index contributed by atoms with van der Waals surface area (Å²) < 4.78 is 47.9. The van der Waals surface area contributed by atoms with Crippen molar-refractivity contribution < 1.29 is 31.9 Å². The molecule has 10 heteroatoms. The Bertz CT molecular complexity index is 1000. The molecule has 0 unspecified atom stereocenters. The summed E-state index contributed by atoms with van der Waals surface area (Å²) in [6.45, 7) is 0.117. The molecular formula is C20H15F3N2O4S. The summed E-state index contributed by atoms with van der Waals surface area (Å²) in [5.41, 5.74) is 0.0230. The van der Waals surface area contributed by atoms with Crippen molar-refractivity contribution in [2.45, 2.75) is 17.0 Å². The van der Waals surface area contributed by atoms with Gasteiger partial charge in [-0.15, -0.1) is 0 Å². The number of halogens is 3. The topological polar surface area (TPSA) is 80.6 Å². The number of benzene rings is 2. The summed E-state index contributed by atoms with van der Waals surface area (Å²) in [5.74, 6) is -0.372. The van der Waals surface area contributed by atoms with E-state index in [1.165, 1.54) is 30.3 Å². The average Bonchev–Trinajstić information content (AvgIpc) is 3.19. The highest BCUT2D eigenvalue weighted by molar-refractivity contribution is 8.00. The number of amides is 2. The lowest BCUT2D eigenvalue weighted by atomic mass is 10.2. The molecule has 0 aliphatic heterocycles. The molecule has 3 rings (SSSR count). The maximum Gasteiger partial charge on any atom is 0.446 e. The van der Waals surface area contributed by atoms with Crippen LogP contribution in [0, 0.1) is 0 Å². The molecule has 2 aromatic carbocycles. The highest BCUT2D eigenvalue weighted by Gasteiger charge is 2.29. The Balaban J connectivity index is 1.49. The number of hydrogen-bond donors (Lipinski definition) is 2. The Morgan fingerprint density at radius 1 is 0.900 bits per heavy atom. The second kappa shape index (κ2) is 9.40. The number of ether oxygens (including phenoxy) is 1. The van der Waals surface area contributed by atoms with Gasteiger partial charge in [0.15, 0.2) is 5.76 Å². The number of carbonyl (C=O) groups is 2. The van der Waals surface area contributed by atoms with E-state index < -0.39 is 17.3 Å². The minimum Gasteiger partial charge on any atom is -0.486 e. The Labute approximate surface area is 173 Å². The highest BCUT2D eigenvalue weighted by atomic mass is 32.2. The Kier molecular flexibility index (Phi) is 6.68. The fraction of sp³-hybridized carbons (Fsp3) is 0.100. The van der Waals surface area contributed by atoms with E-state index in [9.17, 15) is 22.8 Å². The summed E-state index contributed by atoms with van der Waals surface area (Å²) >= 11 is -0.283. The van der Waals surface area contributed by atoms with Crippen LogP contribution in [0.5, 0.6) is 5.75 Å². The first kappa shape index (κ1) is 21.3. The fourth-order valence-corrected chi connectivity index (χ4v) is 2.84. The van der Waals surface area contributed by atoms with Crippen LogP contribution < -0.4 is 15.6 Å². The van der Waals surface area contributed by atoms with Crippen molar-refractivity contribution in [3.8, 4) is 5.75 Å². The number of para-hydroxylation sites is 1. The lowest BCUT2D eigenvalue weighted by molar-refractivity contribution is -0.0328. The molecule has 0 saturated heterocycles. The predicted octanol–water partition coefficient (Wildman–Crippen LogP) is 4.55. The van der Waals surface area contributed by atoms with Crippen molar-refractivity contribution in [3.05, 3.63) is 83.8 Å². The number of nitrogens with one attached hydrogen (secondary N) is 2. The Morgan fingerprint density at radius 2 is 1.57 bits per heavy atom. The van der Waals surface area contributed by atoms with Crippen molar-refractivity contribution in [2.24, 2.45) is 0 Å². The van der Waals surface area contributed by atoms with Gasteiger partial charge in [0, 0.05) is 10.5 Å². The first-order chi connectivity index (χ1) is 14.3. The molecule has 0 atom stereocenters. The standard InChI is InChI=1S/C20H15F3N2O4S/c21-20(22,23)30-16-9-6-13(7-10-16)18(26)24-25-19(27)17-11-8-15(29-17)12-28-14-4-2-1-3-5-14/h1-11H,12H2,(H,24,26)(H,25,27). The third kappa shape index (κ3) is 6.31. The third-order valence-electron chi connectivity index (χ3n) is 3.65. The minimum absolute atomic E-state index is 0.0427. The smallest absolute Gasteiger partial charge is 0.446 e. The lowest BCUT2D eigenvalue weighted by Gasteiger charge is -2.08. The van der Waals surface area contributed by atoms with Crippen LogP contribution in [0.15, 0.2) is 76.0 Å². The quantitative estimate of drug-likeness (QED) is 0.438. The highest BCUT2D eigenvalue weighted by Crippen LogP contribution is 2.36. The molecule has 0 radical (unpaired) electrons. The van der Waals surface area contributed by atoms with E-state index in [0.29, 0.717) is 11.5 Å². The van der Waals surface area contributed by atoms with Crippen molar-refractivity contribution in [3.63, 3.8) is 0 Å². The first-order valence-corrected chi connectivity index (χ1v) is 9.35. The van der Waals surface area contributed by atoms with Crippen molar-refractivity contribution in [1.82, 2.24) is 10.9 Å². The molecule has 2 amide bonds. The van der Waals surface area contributed by atoms with E-state index in [4.69, 9.17) is 9.15 Å². The van der Waals surface area contributed by atoms with Gasteiger partial charge in [0.25, 0.3) is 5.91 Å². The molecule has 3 aromatic rings. The third-order valence-corrected chi connectivity index (χ3v) is 4.39. The van der Waals surface area contributed by atoms with Gasteiger partial charge in [-0.1, -0.05) is 18.2 Å². The zero-order chi connectivity index (χ0) is 21.6. The number of furan rings is 1. The van der Waals surface area contributed by atoms with Crippen LogP contribution in [0.1, 0.15) is 26.7 Å². The van der Waals surface area contributed by atoms with Gasteiger partial charge in [-0.3, -0.25) is 20.4 Å². The number of hydrogen-bond acceptors (Lipinski definition) is 5. The molecule has 1 aromatic heterocycles. The van der Waals surface area contributed by atoms with E-state index in [0.717, 1.165) is 0 Å². The molecule has 30 heavy (non-hydrogen) atoms. The van der Waals surface area contributed by atoms with Crippen LogP contribution in [-0.2, 0) is 6.61 Å². The summed E-state index contributed by atoms with van der Waals surface area (Å²) in [6.07, 6.45) is 0. The Hall–Kier alpha value is -3.40. The number of alkyl halides is 3. The summed E-state index contributed by atoms with van der Waals surface area (Å²) in [5, 5.41) is 0. The summed E-state index contributed by atoms with van der Waals surface area (Å²) in [6, 6.07) is 16.8. The number of carbonyl (C=O) groups excluding carboxylic acids is 2. The second-order valence-electron chi connectivity index (χ2n) is 5.85. The van der Waals surface area contributed by atoms with Crippen LogP contribution in [-0.4, -0.2) is 17.3 Å². The van der Waals surface area contributed by atoms with Crippen LogP contribution >= 0.6 is 11.8 Å². The van der Waals surface area contributed by atoms with Gasteiger partial charge in [-0.05, 0) is 60.3 Å². The molecule has 0 bridgehead atoms. The van der Waals surface area contributed by atoms with Crippen LogP contribution in [0.25, 0.3) is 0 Å². The SMILES string of the molecule is O=C(NNC(=O)c1ccc(COc2ccccc2)o1)c1ccc(SC(F)(F)F)cc1. The van der Waals surface area contributed by atoms with Crippen molar-refractivity contribution in [1.29, 1.82) is 0 Å². The summed E-state index contributed by atoms with van der Waals surface area (Å²) in [4.78, 5) is 24.1. The lowest BCUT2D eigenvalue weighted by Crippen LogP contribution is -2.41. The zero-order valence-electron chi connectivity index (χ0n) is 15.2. The van der Waals surface area contributed by atoms with Crippen LogP contribution in [0.4, 0.5) is 13.2 Å². The van der Waals surface area contributed by atoms with E-state index in [1.54, 1.807) is 18.2 Å². The van der Waals surface area contributed by atoms with Crippen molar-refractivity contribution >= 4 is 23.6 Å². The molecule has 0 fully saturated rings. The molecule has 1 heterocycles. The second-order valence-corrected chi connectivity index (χ2v) is 6.99. The van der Waals surface area contributed by atoms with E-state index >= 15 is 0 Å². The summed E-state index contributed by atoms with van der Waals surface area (Å²) in [7, 11) is 0. The van der Waals surface area contributed by atoms with Crippen LogP contribution in [0.2, 0.25) is 0 Å². The van der Waals surface area contributed by atoms with Gasteiger partial charge >= 0.3 is 11.4 Å². The minimum atomic E-state index is -4.41. The fourth-order valence-electron chi connectivity index (χ4n) is 2.30. The Morgan fingerprint density at radius 3 is 2.23 bits per heavy atom.